The Bertz CT molecular complexity index is 925. The van der Waals surface area contributed by atoms with Crippen LogP contribution in [-0.4, -0.2) is 18.4 Å². The summed E-state index contributed by atoms with van der Waals surface area (Å²) in [6.07, 6.45) is 4.23. The van der Waals surface area contributed by atoms with E-state index < -0.39 is 11.7 Å². The standard InChI is InChI=1S/C27H32F3NO/c1-18-16-22(27(28,29)30)13-14-23(18)26(32)17-24(25-4-2-3-15-31-25)21-11-9-20(10-12-21)8-7-19-5-6-19/h9-14,16,19,24-25,31H,2-8,15,17H2,1H3/t24-,25?/m1/s1. The van der Waals surface area contributed by atoms with Gasteiger partial charge in [-0.05, 0) is 73.9 Å². The molecule has 0 spiro atoms. The Morgan fingerprint density at radius 3 is 2.41 bits per heavy atom. The number of hydrogen-bond donors (Lipinski definition) is 1. The number of carbonyl (C=O) groups is 1. The molecule has 1 saturated heterocycles. The van der Waals surface area contributed by atoms with Crippen LogP contribution >= 0.6 is 0 Å². The third-order valence-corrected chi connectivity index (χ3v) is 7.04. The van der Waals surface area contributed by atoms with Gasteiger partial charge in [-0.15, -0.1) is 0 Å². The number of ketones is 1. The lowest BCUT2D eigenvalue weighted by molar-refractivity contribution is -0.137. The lowest BCUT2D eigenvalue weighted by atomic mass is 9.81. The number of alkyl halides is 3. The zero-order chi connectivity index (χ0) is 22.7. The van der Waals surface area contributed by atoms with Gasteiger partial charge in [0, 0.05) is 23.9 Å². The van der Waals surface area contributed by atoms with Crippen LogP contribution in [0.15, 0.2) is 42.5 Å². The van der Waals surface area contributed by atoms with Gasteiger partial charge in [0.05, 0.1) is 5.56 Å². The molecule has 2 fully saturated rings. The Morgan fingerprint density at radius 1 is 1.06 bits per heavy atom. The first kappa shape index (κ1) is 23.0. The second-order valence-corrected chi connectivity index (χ2v) is 9.54. The van der Waals surface area contributed by atoms with E-state index in [-0.39, 0.29) is 17.7 Å². The Balaban J connectivity index is 1.52. The second-order valence-electron chi connectivity index (χ2n) is 9.54. The fraction of sp³-hybridized carbons (Fsp3) is 0.519. The van der Waals surface area contributed by atoms with Crippen LogP contribution in [0.1, 0.15) is 83.5 Å². The van der Waals surface area contributed by atoms with Gasteiger partial charge in [-0.1, -0.05) is 49.6 Å². The molecular weight excluding hydrogens is 411 g/mol. The highest BCUT2D eigenvalue weighted by Gasteiger charge is 2.32. The van der Waals surface area contributed by atoms with Crippen molar-refractivity contribution in [2.24, 2.45) is 5.92 Å². The molecular formula is C27H32F3NO. The monoisotopic (exact) mass is 443 g/mol. The molecule has 2 aromatic carbocycles. The molecule has 0 bridgehead atoms. The first-order valence-electron chi connectivity index (χ1n) is 11.8. The van der Waals surface area contributed by atoms with Gasteiger partial charge in [-0.3, -0.25) is 4.79 Å². The molecule has 4 rings (SSSR count). The van der Waals surface area contributed by atoms with E-state index in [0.29, 0.717) is 17.5 Å². The van der Waals surface area contributed by atoms with Crippen LogP contribution in [-0.2, 0) is 12.6 Å². The van der Waals surface area contributed by atoms with Crippen LogP contribution in [0.3, 0.4) is 0 Å². The molecule has 2 aliphatic rings. The van der Waals surface area contributed by atoms with E-state index in [1.165, 1.54) is 30.9 Å². The van der Waals surface area contributed by atoms with Crippen LogP contribution in [0.5, 0.6) is 0 Å². The molecule has 0 radical (unpaired) electrons. The maximum Gasteiger partial charge on any atom is 0.416 e. The van der Waals surface area contributed by atoms with E-state index in [0.717, 1.165) is 55.8 Å². The summed E-state index contributed by atoms with van der Waals surface area (Å²) in [4.78, 5) is 13.2. The Hall–Kier alpha value is -2.14. The number of rotatable bonds is 8. The molecule has 2 aromatic rings. The van der Waals surface area contributed by atoms with Gasteiger partial charge in [-0.2, -0.15) is 13.2 Å². The van der Waals surface area contributed by atoms with Crippen molar-refractivity contribution in [2.45, 2.75) is 76.4 Å². The fourth-order valence-corrected chi connectivity index (χ4v) is 4.89. The summed E-state index contributed by atoms with van der Waals surface area (Å²) in [5.41, 5.74) is 2.53. The van der Waals surface area contributed by atoms with Crippen LogP contribution in [0.4, 0.5) is 13.2 Å². The highest BCUT2D eigenvalue weighted by Crippen LogP contribution is 2.35. The summed E-state index contributed by atoms with van der Waals surface area (Å²) < 4.78 is 39.1. The fourth-order valence-electron chi connectivity index (χ4n) is 4.89. The quantitative estimate of drug-likeness (QED) is 0.452. The zero-order valence-electron chi connectivity index (χ0n) is 18.7. The van der Waals surface area contributed by atoms with E-state index in [1.54, 1.807) is 6.92 Å². The Morgan fingerprint density at radius 2 is 1.81 bits per heavy atom. The third-order valence-electron chi connectivity index (χ3n) is 7.04. The van der Waals surface area contributed by atoms with Gasteiger partial charge < -0.3 is 5.32 Å². The molecule has 1 aliphatic carbocycles. The molecule has 1 aliphatic heterocycles. The predicted octanol–water partition coefficient (Wildman–Crippen LogP) is 6.86. The van der Waals surface area contributed by atoms with Crippen LogP contribution < -0.4 is 5.32 Å². The summed E-state index contributed by atoms with van der Waals surface area (Å²) in [7, 11) is 0. The lowest BCUT2D eigenvalue weighted by Gasteiger charge is -2.32. The van der Waals surface area contributed by atoms with E-state index in [2.05, 4.69) is 29.6 Å². The summed E-state index contributed by atoms with van der Waals surface area (Å²) >= 11 is 0. The number of carbonyl (C=O) groups excluding carboxylic acids is 1. The van der Waals surface area contributed by atoms with Crippen molar-refractivity contribution in [1.29, 1.82) is 0 Å². The molecule has 2 atom stereocenters. The number of hydrogen-bond acceptors (Lipinski definition) is 2. The van der Waals surface area contributed by atoms with Crippen molar-refractivity contribution in [3.63, 3.8) is 0 Å². The molecule has 172 valence electrons. The third kappa shape index (κ3) is 5.80. The molecule has 2 nitrogen and oxygen atoms in total. The normalized spacial score (nSPS) is 20.2. The minimum absolute atomic E-state index is 0.0157. The van der Waals surface area contributed by atoms with Crippen molar-refractivity contribution in [3.05, 3.63) is 70.3 Å². The van der Waals surface area contributed by atoms with Gasteiger partial charge >= 0.3 is 6.18 Å². The van der Waals surface area contributed by atoms with E-state index in [1.807, 2.05) is 0 Å². The first-order valence-corrected chi connectivity index (χ1v) is 11.8. The predicted molar refractivity (Wildman–Crippen MR) is 121 cm³/mol. The lowest BCUT2D eigenvalue weighted by Crippen LogP contribution is -2.39. The van der Waals surface area contributed by atoms with Crippen molar-refractivity contribution in [2.75, 3.05) is 6.54 Å². The minimum atomic E-state index is -4.40. The summed E-state index contributed by atoms with van der Waals surface area (Å²) in [6, 6.07) is 12.3. The number of aryl methyl sites for hydroxylation is 2. The average Bonchev–Trinajstić information content (AvgIpc) is 3.61. The SMILES string of the molecule is Cc1cc(C(F)(F)F)ccc1C(=O)C[C@H](c1ccc(CCC2CC2)cc1)C1CCCCN1. The zero-order valence-corrected chi connectivity index (χ0v) is 18.7. The maximum absolute atomic E-state index is 13.2. The van der Waals surface area contributed by atoms with Crippen LogP contribution in [0.25, 0.3) is 0 Å². The Kier molecular flexibility index (Phi) is 7.04. The minimum Gasteiger partial charge on any atom is -0.313 e. The van der Waals surface area contributed by atoms with Crippen LogP contribution in [0.2, 0.25) is 0 Å². The van der Waals surface area contributed by atoms with E-state index in [4.69, 9.17) is 0 Å². The topological polar surface area (TPSA) is 29.1 Å². The second kappa shape index (κ2) is 9.78. The highest BCUT2D eigenvalue weighted by molar-refractivity contribution is 5.98. The van der Waals surface area contributed by atoms with Gasteiger partial charge in [0.2, 0.25) is 0 Å². The molecule has 5 heteroatoms. The number of piperidine rings is 1. The largest absolute Gasteiger partial charge is 0.416 e. The molecule has 1 N–H and O–H groups in total. The number of benzene rings is 2. The van der Waals surface area contributed by atoms with Crippen molar-refractivity contribution in [3.8, 4) is 0 Å². The van der Waals surface area contributed by atoms with Gasteiger partial charge in [-0.25, -0.2) is 0 Å². The smallest absolute Gasteiger partial charge is 0.313 e. The maximum atomic E-state index is 13.2. The van der Waals surface area contributed by atoms with Gasteiger partial charge in [0.15, 0.2) is 5.78 Å². The van der Waals surface area contributed by atoms with E-state index in [9.17, 15) is 18.0 Å². The molecule has 1 saturated carbocycles. The van der Waals surface area contributed by atoms with E-state index >= 15 is 0 Å². The van der Waals surface area contributed by atoms with Crippen molar-refractivity contribution >= 4 is 5.78 Å². The number of nitrogens with one attached hydrogen (secondary N) is 1. The number of Topliss-reactive ketones (excluding diaryl/α,β-unsaturated/α-hetero) is 1. The molecule has 1 heterocycles. The summed E-state index contributed by atoms with van der Waals surface area (Å²) in [5, 5.41) is 3.58. The van der Waals surface area contributed by atoms with Crippen molar-refractivity contribution < 1.29 is 18.0 Å². The van der Waals surface area contributed by atoms with Gasteiger partial charge in [0.25, 0.3) is 0 Å². The molecule has 1 unspecified atom stereocenters. The molecule has 32 heavy (non-hydrogen) atoms. The summed E-state index contributed by atoms with van der Waals surface area (Å²) in [6.45, 7) is 2.53. The Labute approximate surface area is 188 Å². The average molecular weight is 444 g/mol. The van der Waals surface area contributed by atoms with Crippen LogP contribution in [0, 0.1) is 12.8 Å². The molecule has 0 aromatic heterocycles. The molecule has 0 amide bonds. The highest BCUT2D eigenvalue weighted by atomic mass is 19.4. The summed E-state index contributed by atoms with van der Waals surface area (Å²) in [5.74, 6) is 0.826. The first-order chi connectivity index (χ1) is 15.3. The number of halogens is 3. The van der Waals surface area contributed by atoms with Gasteiger partial charge in [0.1, 0.15) is 0 Å². The van der Waals surface area contributed by atoms with Crippen molar-refractivity contribution in [1.82, 2.24) is 5.32 Å².